The molecule has 15 heteroatoms. The van der Waals surface area contributed by atoms with Gasteiger partial charge in [-0.2, -0.15) is 15.5 Å². The van der Waals surface area contributed by atoms with E-state index in [1.165, 1.54) is 11.0 Å². The van der Waals surface area contributed by atoms with Crippen molar-refractivity contribution in [1.29, 1.82) is 5.26 Å². The Hall–Kier alpha value is -4.87. The lowest BCUT2D eigenvalue weighted by Gasteiger charge is -2.37. The minimum absolute atomic E-state index is 0.153. The van der Waals surface area contributed by atoms with Crippen molar-refractivity contribution in [1.82, 2.24) is 29.1 Å². The summed E-state index contributed by atoms with van der Waals surface area (Å²) < 4.78 is 23.6. The maximum Gasteiger partial charge on any atom is 0.350 e. The van der Waals surface area contributed by atoms with Crippen molar-refractivity contribution in [2.24, 2.45) is 0 Å². The van der Waals surface area contributed by atoms with E-state index in [1.807, 2.05) is 30.3 Å². The van der Waals surface area contributed by atoms with Gasteiger partial charge in [-0.05, 0) is 73.5 Å². The average Bonchev–Trinajstić information content (AvgIpc) is 3.92. The van der Waals surface area contributed by atoms with Crippen LogP contribution in [0.3, 0.4) is 0 Å². The van der Waals surface area contributed by atoms with E-state index in [2.05, 4.69) is 55.3 Å². The molecule has 3 aromatic carbocycles. The molecule has 0 amide bonds. The van der Waals surface area contributed by atoms with Crippen molar-refractivity contribution in [3.63, 3.8) is 0 Å². The number of aryl methyl sites for hydroxylation is 1. The normalized spacial score (nSPS) is 18.8. The van der Waals surface area contributed by atoms with Crippen LogP contribution in [0, 0.1) is 11.3 Å². The fourth-order valence-corrected chi connectivity index (χ4v) is 7.13. The zero-order valence-electron chi connectivity index (χ0n) is 28.6. The van der Waals surface area contributed by atoms with Gasteiger partial charge in [0.1, 0.15) is 44.0 Å². The Morgan fingerprint density at radius 3 is 2.27 bits per heavy atom. The summed E-state index contributed by atoms with van der Waals surface area (Å²) in [6.07, 6.45) is 7.41. The smallest absolute Gasteiger partial charge is 0.350 e. The second kappa shape index (κ2) is 16.2. The van der Waals surface area contributed by atoms with Gasteiger partial charge in [0.2, 0.25) is 5.79 Å². The molecule has 5 aromatic rings. The Labute approximate surface area is 311 Å². The first-order chi connectivity index (χ1) is 25.4. The highest BCUT2D eigenvalue weighted by atomic mass is 35.5. The average molecular weight is 745 g/mol. The number of hydrogen-bond donors (Lipinski definition) is 0. The number of piperazine rings is 1. The molecule has 4 heterocycles. The number of aromatic nitrogens is 6. The van der Waals surface area contributed by atoms with Gasteiger partial charge in [0.05, 0.1) is 23.4 Å². The number of nitriles is 1. The second-order valence-electron chi connectivity index (χ2n) is 12.8. The minimum Gasteiger partial charge on any atom is -0.491 e. The van der Waals surface area contributed by atoms with Gasteiger partial charge < -0.3 is 24.0 Å². The molecular formula is C37H39Cl2N9O4. The van der Waals surface area contributed by atoms with Crippen molar-refractivity contribution in [3.05, 3.63) is 112 Å². The highest BCUT2D eigenvalue weighted by Gasteiger charge is 2.45. The van der Waals surface area contributed by atoms with Crippen LogP contribution in [0.5, 0.6) is 5.75 Å². The van der Waals surface area contributed by atoms with Crippen LogP contribution in [0.25, 0.3) is 5.69 Å². The molecule has 270 valence electrons. The van der Waals surface area contributed by atoms with E-state index in [4.69, 9.17) is 42.7 Å². The van der Waals surface area contributed by atoms with E-state index in [-0.39, 0.29) is 18.3 Å². The highest BCUT2D eigenvalue weighted by molar-refractivity contribution is 6.35. The molecule has 0 N–H and O–H groups in total. The third-order valence-corrected chi connectivity index (χ3v) is 9.89. The first-order valence-electron chi connectivity index (χ1n) is 17.4. The van der Waals surface area contributed by atoms with Crippen LogP contribution in [-0.4, -0.2) is 74.6 Å². The standard InChI is InChI=1S/C37H39Cl2N9O4/c38-28-5-14-34(35(39)21-28)37(24-46-26-41-25-42-46)51-23-33(52-37)22-50-32-12-10-30(11-13-32)45-19-17-44(18-20-45)29-6-8-31(9-7-29)47-27-43-48(36(47)49)16-4-2-1-3-15-40/h5-14,21,25-27,33H,1-4,16-20,22-24H2/t33-,37-/m1/s1. The van der Waals surface area contributed by atoms with Crippen molar-refractivity contribution in [2.45, 2.75) is 50.7 Å². The maximum absolute atomic E-state index is 12.9. The Bertz CT molecular complexity index is 2020. The third-order valence-electron chi connectivity index (χ3n) is 9.34. The Morgan fingerprint density at radius 2 is 1.60 bits per heavy atom. The minimum atomic E-state index is -1.17. The quantitative estimate of drug-likeness (QED) is 0.131. The van der Waals surface area contributed by atoms with Gasteiger partial charge >= 0.3 is 5.69 Å². The largest absolute Gasteiger partial charge is 0.491 e. The first kappa shape index (κ1) is 35.5. The molecule has 2 aliphatic rings. The van der Waals surface area contributed by atoms with Gasteiger partial charge in [-0.15, -0.1) is 0 Å². The van der Waals surface area contributed by atoms with Crippen molar-refractivity contribution in [2.75, 3.05) is 49.2 Å². The van der Waals surface area contributed by atoms with Crippen molar-refractivity contribution in [3.8, 4) is 17.5 Å². The lowest BCUT2D eigenvalue weighted by molar-refractivity contribution is -0.190. The fourth-order valence-electron chi connectivity index (χ4n) is 6.58. The molecule has 0 bridgehead atoms. The predicted molar refractivity (Wildman–Crippen MR) is 197 cm³/mol. The summed E-state index contributed by atoms with van der Waals surface area (Å²) in [5.74, 6) is -0.425. The Morgan fingerprint density at radius 1 is 0.885 bits per heavy atom. The zero-order valence-corrected chi connectivity index (χ0v) is 30.1. The van der Waals surface area contributed by atoms with E-state index < -0.39 is 5.79 Å². The monoisotopic (exact) mass is 743 g/mol. The van der Waals surface area contributed by atoms with Crippen LogP contribution in [0.1, 0.15) is 31.2 Å². The van der Waals surface area contributed by atoms with E-state index in [1.54, 1.807) is 34.0 Å². The Balaban J connectivity index is 0.897. The zero-order chi connectivity index (χ0) is 35.9. The molecule has 2 fully saturated rings. The molecule has 7 rings (SSSR count). The molecule has 2 atom stereocenters. The van der Waals surface area contributed by atoms with Gasteiger partial charge in [-0.25, -0.2) is 23.7 Å². The maximum atomic E-state index is 12.9. The molecule has 52 heavy (non-hydrogen) atoms. The van der Waals surface area contributed by atoms with Gasteiger partial charge in [0.25, 0.3) is 0 Å². The van der Waals surface area contributed by atoms with Crippen molar-refractivity contribution < 1.29 is 14.2 Å². The molecular weight excluding hydrogens is 705 g/mol. The molecule has 0 aliphatic carbocycles. The van der Waals surface area contributed by atoms with Gasteiger partial charge in [-0.1, -0.05) is 35.7 Å². The van der Waals surface area contributed by atoms with E-state index >= 15 is 0 Å². The summed E-state index contributed by atoms with van der Waals surface area (Å²) in [4.78, 5) is 21.6. The molecule has 13 nitrogen and oxygen atoms in total. The number of ether oxygens (including phenoxy) is 3. The second-order valence-corrected chi connectivity index (χ2v) is 13.6. The number of halogens is 2. The summed E-state index contributed by atoms with van der Waals surface area (Å²) in [5, 5.41) is 18.2. The summed E-state index contributed by atoms with van der Waals surface area (Å²) >= 11 is 12.7. The van der Waals surface area contributed by atoms with Crippen LogP contribution >= 0.6 is 23.2 Å². The molecule has 2 aliphatic heterocycles. The van der Waals surface area contributed by atoms with Gasteiger partial charge in [0.15, 0.2) is 0 Å². The molecule has 2 saturated heterocycles. The number of unbranched alkanes of at least 4 members (excludes halogenated alkanes) is 3. The SMILES string of the molecule is N#CCCCCCn1ncn(-c2ccc(N3CCN(c4ccc(OC[C@@H]5CO[C@@](Cn6cncn6)(c6ccc(Cl)cc6Cl)O5)cc4)CC3)cc2)c1=O. The summed E-state index contributed by atoms with van der Waals surface area (Å²) in [7, 11) is 0. The number of rotatable bonds is 14. The molecule has 0 spiro atoms. The molecule has 0 saturated carbocycles. The summed E-state index contributed by atoms with van der Waals surface area (Å²) in [6, 6.07) is 23.6. The number of nitrogens with zero attached hydrogens (tertiary/aromatic N) is 9. The van der Waals surface area contributed by atoms with Crippen LogP contribution < -0.4 is 20.2 Å². The topological polar surface area (TPSA) is 128 Å². The molecule has 0 unspecified atom stereocenters. The predicted octanol–water partition coefficient (Wildman–Crippen LogP) is 5.69. The lowest BCUT2D eigenvalue weighted by atomic mass is 10.1. The van der Waals surface area contributed by atoms with Crippen LogP contribution in [-0.2, 0) is 28.4 Å². The van der Waals surface area contributed by atoms with E-state index in [9.17, 15) is 4.79 Å². The van der Waals surface area contributed by atoms with Crippen LogP contribution in [0.2, 0.25) is 10.0 Å². The summed E-state index contributed by atoms with van der Waals surface area (Å²) in [6.45, 7) is 4.90. The van der Waals surface area contributed by atoms with E-state index in [0.29, 0.717) is 41.8 Å². The van der Waals surface area contributed by atoms with E-state index in [0.717, 1.165) is 68.3 Å². The third kappa shape index (κ3) is 8.11. The van der Waals surface area contributed by atoms with Crippen molar-refractivity contribution >= 4 is 34.6 Å². The summed E-state index contributed by atoms with van der Waals surface area (Å²) in [5.41, 5.74) is 3.55. The van der Waals surface area contributed by atoms with Crippen LogP contribution in [0.4, 0.5) is 11.4 Å². The first-order valence-corrected chi connectivity index (χ1v) is 18.1. The van der Waals surface area contributed by atoms with Gasteiger partial charge in [0, 0.05) is 61.1 Å². The fraction of sp³-hybridized carbons (Fsp3) is 0.378. The number of anilines is 2. The molecule has 2 aromatic heterocycles. The Kier molecular flexibility index (Phi) is 11.1. The lowest BCUT2D eigenvalue weighted by Crippen LogP contribution is -2.46. The molecule has 0 radical (unpaired) electrons. The number of benzene rings is 3. The van der Waals surface area contributed by atoms with Gasteiger partial charge in [-0.3, -0.25) is 0 Å². The number of hydrogen-bond acceptors (Lipinski definition) is 10. The van der Waals surface area contributed by atoms with Crippen LogP contribution in [0.15, 0.2) is 90.5 Å². The highest BCUT2D eigenvalue weighted by Crippen LogP contribution is 2.40.